The number of rotatable bonds is 2. The van der Waals surface area contributed by atoms with Crippen molar-refractivity contribution in [3.05, 3.63) is 59.2 Å². The molecule has 0 unspecified atom stereocenters. The van der Waals surface area contributed by atoms with Crippen LogP contribution in [0.25, 0.3) is 11.1 Å². The number of hydrogen-bond acceptors (Lipinski definition) is 3. The van der Waals surface area contributed by atoms with Crippen molar-refractivity contribution in [2.45, 2.75) is 33.1 Å². The van der Waals surface area contributed by atoms with Crippen molar-refractivity contribution in [3.63, 3.8) is 0 Å². The van der Waals surface area contributed by atoms with E-state index in [0.717, 1.165) is 5.56 Å². The molecule has 0 heterocycles. The van der Waals surface area contributed by atoms with Crippen molar-refractivity contribution in [2.24, 2.45) is 5.16 Å². The largest absolute Gasteiger partial charge is 0.331 e. The fraction of sp³-hybridized carbons (Fsp3) is 0.263. The molecule has 0 saturated carbocycles. The van der Waals surface area contributed by atoms with E-state index in [4.69, 9.17) is 4.84 Å². The summed E-state index contributed by atoms with van der Waals surface area (Å²) in [5, 5.41) is 3.88. The molecule has 1 aliphatic carbocycles. The third-order valence-corrected chi connectivity index (χ3v) is 4.31. The summed E-state index contributed by atoms with van der Waals surface area (Å²) >= 11 is 0. The van der Waals surface area contributed by atoms with Gasteiger partial charge in [0.05, 0.1) is 5.71 Å². The van der Waals surface area contributed by atoms with Crippen LogP contribution in [0.2, 0.25) is 0 Å². The molecular weight excluding hydrogens is 274 g/mol. The van der Waals surface area contributed by atoms with Crippen molar-refractivity contribution >= 4 is 11.7 Å². The molecule has 3 nitrogen and oxygen atoms in total. The Morgan fingerprint density at radius 3 is 2.41 bits per heavy atom. The maximum absolute atomic E-state index is 10.9. The highest BCUT2D eigenvalue weighted by Gasteiger charge is 2.35. The number of hydrogen-bond donors (Lipinski definition) is 0. The summed E-state index contributed by atoms with van der Waals surface area (Å²) in [7, 11) is 0. The van der Waals surface area contributed by atoms with Gasteiger partial charge in [0.2, 0.25) is 0 Å². The third kappa shape index (κ3) is 2.23. The number of fused-ring (bicyclic) bond motifs is 3. The van der Waals surface area contributed by atoms with Crippen LogP contribution in [0.4, 0.5) is 0 Å². The first-order chi connectivity index (χ1) is 10.4. The number of carbonyl (C=O) groups is 1. The van der Waals surface area contributed by atoms with E-state index >= 15 is 0 Å². The van der Waals surface area contributed by atoms with Crippen molar-refractivity contribution in [2.75, 3.05) is 0 Å². The molecule has 22 heavy (non-hydrogen) atoms. The Morgan fingerprint density at radius 2 is 1.68 bits per heavy atom. The molecule has 0 fully saturated rings. The molecule has 1 aliphatic rings. The minimum atomic E-state index is -0.409. The van der Waals surface area contributed by atoms with Crippen LogP contribution >= 0.6 is 0 Å². The Balaban J connectivity index is 2.08. The lowest BCUT2D eigenvalue weighted by molar-refractivity contribution is -0.140. The second kappa shape index (κ2) is 5.09. The zero-order chi connectivity index (χ0) is 15.9. The van der Waals surface area contributed by atoms with E-state index in [0.29, 0.717) is 5.71 Å². The standard InChI is InChI=1S/C19H19NO2/c1-12(20-22-13(2)21)14-9-10-16-15-7-5-6-8-17(15)19(3,4)18(16)11-14/h5-11H,1-4H3/b20-12+. The summed E-state index contributed by atoms with van der Waals surface area (Å²) < 4.78 is 0. The molecule has 0 spiro atoms. The highest BCUT2D eigenvalue weighted by molar-refractivity contribution is 6.00. The Kier molecular flexibility index (Phi) is 3.36. The van der Waals surface area contributed by atoms with Crippen molar-refractivity contribution in [1.82, 2.24) is 0 Å². The Labute approximate surface area is 130 Å². The topological polar surface area (TPSA) is 38.7 Å². The lowest BCUT2D eigenvalue weighted by atomic mass is 9.82. The van der Waals surface area contributed by atoms with Crippen molar-refractivity contribution in [3.8, 4) is 11.1 Å². The first-order valence-corrected chi connectivity index (χ1v) is 7.38. The van der Waals surface area contributed by atoms with Crippen LogP contribution in [0.3, 0.4) is 0 Å². The predicted molar refractivity (Wildman–Crippen MR) is 88.0 cm³/mol. The molecule has 112 valence electrons. The lowest BCUT2D eigenvalue weighted by Crippen LogP contribution is -2.15. The normalized spacial score (nSPS) is 15.2. The highest BCUT2D eigenvalue weighted by Crippen LogP contribution is 2.48. The van der Waals surface area contributed by atoms with Gasteiger partial charge in [-0.05, 0) is 40.8 Å². The molecular formula is C19H19NO2. The number of oxime groups is 1. The highest BCUT2D eigenvalue weighted by atomic mass is 16.7. The third-order valence-electron chi connectivity index (χ3n) is 4.31. The summed E-state index contributed by atoms with van der Waals surface area (Å²) in [6.45, 7) is 7.67. The summed E-state index contributed by atoms with van der Waals surface area (Å²) in [6, 6.07) is 14.8. The fourth-order valence-electron chi connectivity index (χ4n) is 3.11. The maximum atomic E-state index is 10.9. The van der Waals surface area contributed by atoms with Gasteiger partial charge < -0.3 is 4.84 Å². The van der Waals surface area contributed by atoms with Crippen molar-refractivity contribution in [1.29, 1.82) is 0 Å². The summed E-state index contributed by atoms with van der Waals surface area (Å²) in [4.78, 5) is 15.6. The summed E-state index contributed by atoms with van der Waals surface area (Å²) in [5.41, 5.74) is 6.82. The van der Waals surface area contributed by atoms with Crippen LogP contribution in [-0.4, -0.2) is 11.7 Å². The monoisotopic (exact) mass is 293 g/mol. The van der Waals surface area contributed by atoms with E-state index in [9.17, 15) is 4.79 Å². The van der Waals surface area contributed by atoms with Crippen molar-refractivity contribution < 1.29 is 9.63 Å². The van der Waals surface area contributed by atoms with Gasteiger partial charge in [0.25, 0.3) is 0 Å². The molecule has 3 rings (SSSR count). The quantitative estimate of drug-likeness (QED) is 0.471. The van der Waals surface area contributed by atoms with Gasteiger partial charge in [-0.3, -0.25) is 0 Å². The zero-order valence-electron chi connectivity index (χ0n) is 13.3. The second-order valence-corrected chi connectivity index (χ2v) is 6.19. The van der Waals surface area contributed by atoms with Gasteiger partial charge in [0.15, 0.2) is 0 Å². The van der Waals surface area contributed by atoms with Gasteiger partial charge >= 0.3 is 5.97 Å². The first kappa shape index (κ1) is 14.5. The van der Waals surface area contributed by atoms with Crippen LogP contribution in [-0.2, 0) is 15.0 Å². The summed E-state index contributed by atoms with van der Waals surface area (Å²) in [5.74, 6) is -0.409. The minimum Gasteiger partial charge on any atom is -0.318 e. The molecule has 0 bridgehead atoms. The minimum absolute atomic E-state index is 0.0380. The molecule has 0 aromatic heterocycles. The van der Waals surface area contributed by atoms with Crippen LogP contribution < -0.4 is 0 Å². The van der Waals surface area contributed by atoms with E-state index < -0.39 is 5.97 Å². The molecule has 0 saturated heterocycles. The van der Waals surface area contributed by atoms with E-state index in [2.05, 4.69) is 55.4 Å². The number of carbonyl (C=O) groups excluding carboxylic acids is 1. The van der Waals surface area contributed by atoms with Crippen LogP contribution in [0.15, 0.2) is 47.6 Å². The van der Waals surface area contributed by atoms with E-state index in [1.165, 1.54) is 29.2 Å². The molecule has 2 aromatic carbocycles. The molecule has 3 heteroatoms. The second-order valence-electron chi connectivity index (χ2n) is 6.19. The lowest BCUT2D eigenvalue weighted by Gasteiger charge is -2.21. The molecule has 2 aromatic rings. The Bertz CT molecular complexity index is 788. The maximum Gasteiger partial charge on any atom is 0.331 e. The van der Waals surface area contributed by atoms with Gasteiger partial charge in [-0.1, -0.05) is 55.4 Å². The summed E-state index contributed by atoms with van der Waals surface area (Å²) in [6.07, 6.45) is 0. The van der Waals surface area contributed by atoms with E-state index in [1.807, 2.05) is 13.0 Å². The number of nitrogens with zero attached hydrogens (tertiary/aromatic N) is 1. The smallest absolute Gasteiger partial charge is 0.318 e. The fourth-order valence-corrected chi connectivity index (χ4v) is 3.11. The molecule has 0 radical (unpaired) electrons. The number of benzene rings is 2. The Morgan fingerprint density at radius 1 is 1.00 bits per heavy atom. The molecule has 0 atom stereocenters. The predicted octanol–water partition coefficient (Wildman–Crippen LogP) is 4.28. The average molecular weight is 293 g/mol. The molecule has 0 N–H and O–H groups in total. The van der Waals surface area contributed by atoms with Gasteiger partial charge in [-0.15, -0.1) is 0 Å². The van der Waals surface area contributed by atoms with Crippen LogP contribution in [0.5, 0.6) is 0 Å². The van der Waals surface area contributed by atoms with E-state index in [1.54, 1.807) is 0 Å². The zero-order valence-corrected chi connectivity index (χ0v) is 13.3. The van der Waals surface area contributed by atoms with Gasteiger partial charge in [-0.25, -0.2) is 4.79 Å². The molecule has 0 amide bonds. The SMILES string of the molecule is CC(=O)O/N=C(\C)c1ccc2c(c1)C(C)(C)c1ccccc1-2. The molecule has 0 aliphatic heterocycles. The van der Waals surface area contributed by atoms with Gasteiger partial charge in [0.1, 0.15) is 0 Å². The Hall–Kier alpha value is -2.42. The van der Waals surface area contributed by atoms with Gasteiger partial charge in [-0.2, -0.15) is 0 Å². The van der Waals surface area contributed by atoms with E-state index in [-0.39, 0.29) is 5.41 Å². The van der Waals surface area contributed by atoms with Gasteiger partial charge in [0, 0.05) is 12.3 Å². The van der Waals surface area contributed by atoms with Crippen LogP contribution in [0.1, 0.15) is 44.4 Å². The first-order valence-electron chi connectivity index (χ1n) is 7.38. The van der Waals surface area contributed by atoms with Crippen LogP contribution in [0, 0.1) is 0 Å². The average Bonchev–Trinajstić information content (AvgIpc) is 2.73.